The van der Waals surface area contributed by atoms with Gasteiger partial charge in [0.1, 0.15) is 0 Å². The van der Waals surface area contributed by atoms with E-state index in [1.54, 1.807) is 11.6 Å². The molecular formula is C25H43NO2. The molecule has 0 aliphatic heterocycles. The van der Waals surface area contributed by atoms with Crippen LogP contribution in [0.2, 0.25) is 0 Å². The van der Waals surface area contributed by atoms with Crippen molar-refractivity contribution in [1.82, 2.24) is 4.90 Å². The van der Waals surface area contributed by atoms with Crippen molar-refractivity contribution >= 4 is 0 Å². The largest absolute Gasteiger partial charge is 0.392 e. The van der Waals surface area contributed by atoms with Gasteiger partial charge in [0.2, 0.25) is 0 Å². The molecule has 2 rings (SSSR count). The Kier molecular flexibility index (Phi) is 9.46. The van der Waals surface area contributed by atoms with Gasteiger partial charge in [-0.1, -0.05) is 56.1 Å². The van der Waals surface area contributed by atoms with E-state index in [0.717, 1.165) is 32.1 Å². The third-order valence-electron chi connectivity index (χ3n) is 6.73. The Bertz CT molecular complexity index is 539. The lowest BCUT2D eigenvalue weighted by atomic mass is 9.87. The molecule has 1 fully saturated rings. The van der Waals surface area contributed by atoms with Gasteiger partial charge >= 0.3 is 0 Å². The molecule has 2 N–H and O–H groups in total. The molecule has 3 nitrogen and oxygen atoms in total. The third kappa shape index (κ3) is 6.86. The molecule has 1 saturated carbocycles. The Morgan fingerprint density at radius 2 is 2.04 bits per heavy atom. The van der Waals surface area contributed by atoms with E-state index in [1.165, 1.54) is 32.2 Å². The van der Waals surface area contributed by atoms with E-state index in [4.69, 9.17) is 0 Å². The fraction of sp³-hybridized carbons (Fsp3) is 0.760. The van der Waals surface area contributed by atoms with Crippen molar-refractivity contribution in [2.75, 3.05) is 20.6 Å². The van der Waals surface area contributed by atoms with Gasteiger partial charge < -0.3 is 15.1 Å². The van der Waals surface area contributed by atoms with Crippen LogP contribution in [0.5, 0.6) is 0 Å². The maximum absolute atomic E-state index is 10.7. The van der Waals surface area contributed by atoms with Crippen LogP contribution in [0.3, 0.4) is 0 Å². The molecule has 0 spiro atoms. The van der Waals surface area contributed by atoms with E-state index in [2.05, 4.69) is 50.7 Å². The van der Waals surface area contributed by atoms with Gasteiger partial charge in [-0.15, -0.1) is 6.58 Å². The first-order chi connectivity index (χ1) is 13.4. The highest BCUT2D eigenvalue weighted by molar-refractivity contribution is 5.21. The Labute approximate surface area is 173 Å². The van der Waals surface area contributed by atoms with Crippen molar-refractivity contribution < 1.29 is 10.2 Å². The number of hydrogen-bond acceptors (Lipinski definition) is 3. The predicted octanol–water partition coefficient (Wildman–Crippen LogP) is 5.11. The van der Waals surface area contributed by atoms with Crippen LogP contribution in [0.15, 0.2) is 36.5 Å². The summed E-state index contributed by atoms with van der Waals surface area (Å²) >= 11 is 0. The van der Waals surface area contributed by atoms with Crippen LogP contribution in [0.1, 0.15) is 71.1 Å². The van der Waals surface area contributed by atoms with E-state index in [1.807, 2.05) is 0 Å². The zero-order valence-corrected chi connectivity index (χ0v) is 18.4. The predicted molar refractivity (Wildman–Crippen MR) is 119 cm³/mol. The molecule has 0 aromatic rings. The van der Waals surface area contributed by atoms with Gasteiger partial charge in [-0.25, -0.2) is 0 Å². The molecule has 0 bridgehead atoms. The van der Waals surface area contributed by atoms with Crippen LogP contribution in [0.25, 0.3) is 0 Å². The van der Waals surface area contributed by atoms with Crippen LogP contribution in [-0.2, 0) is 0 Å². The molecule has 0 aromatic carbocycles. The van der Waals surface area contributed by atoms with E-state index >= 15 is 0 Å². The lowest BCUT2D eigenvalue weighted by molar-refractivity contribution is 0.0819. The van der Waals surface area contributed by atoms with Gasteiger partial charge in [-0.05, 0) is 77.4 Å². The molecule has 2 aliphatic rings. The molecule has 5 atom stereocenters. The molecule has 0 unspecified atom stereocenters. The molecule has 0 heterocycles. The first-order valence-electron chi connectivity index (χ1n) is 11.4. The molecule has 0 radical (unpaired) electrons. The van der Waals surface area contributed by atoms with E-state index in [0.29, 0.717) is 18.3 Å². The Hall–Kier alpha value is -0.900. The Balaban J connectivity index is 1.80. The standard InChI is InChI=1S/C25H43NO2/c1-5-7-14-25(28,6-2)15-11-13-22-23-18-20(17-21(23)19-24(22)27)12-9-8-10-16-26(3)4/h6,11,13,17,21-24,27-28H,2,5,7-10,12,14-16,18-19H2,1,3-4H3/t21-,22+,23-,24+,25+/m0/s1. The zero-order chi connectivity index (χ0) is 20.6. The Morgan fingerprint density at radius 1 is 1.25 bits per heavy atom. The second-order valence-corrected chi connectivity index (χ2v) is 9.39. The summed E-state index contributed by atoms with van der Waals surface area (Å²) in [5.74, 6) is 1.32. The molecule has 0 saturated heterocycles. The molecular weight excluding hydrogens is 346 g/mol. The highest BCUT2D eigenvalue weighted by Gasteiger charge is 2.43. The van der Waals surface area contributed by atoms with Gasteiger partial charge in [-0.3, -0.25) is 0 Å². The lowest BCUT2D eigenvalue weighted by Crippen LogP contribution is -2.24. The van der Waals surface area contributed by atoms with Gasteiger partial charge in [0, 0.05) is 5.92 Å². The lowest BCUT2D eigenvalue weighted by Gasteiger charge is -2.23. The van der Waals surface area contributed by atoms with Crippen LogP contribution in [0, 0.1) is 17.8 Å². The summed E-state index contributed by atoms with van der Waals surface area (Å²) in [6.45, 7) is 7.14. The fourth-order valence-corrected chi connectivity index (χ4v) is 4.95. The van der Waals surface area contributed by atoms with Gasteiger partial charge in [0.15, 0.2) is 0 Å². The second kappa shape index (κ2) is 11.3. The summed E-state index contributed by atoms with van der Waals surface area (Å²) in [6.07, 6.45) is 18.8. The molecule has 3 heteroatoms. The highest BCUT2D eigenvalue weighted by atomic mass is 16.3. The average Bonchev–Trinajstić information content (AvgIpc) is 3.17. The minimum atomic E-state index is -0.804. The third-order valence-corrected chi connectivity index (χ3v) is 6.73. The topological polar surface area (TPSA) is 43.7 Å². The number of hydrogen-bond donors (Lipinski definition) is 2. The van der Waals surface area contributed by atoms with Crippen molar-refractivity contribution in [3.8, 4) is 0 Å². The first kappa shape index (κ1) is 23.4. The monoisotopic (exact) mass is 389 g/mol. The summed E-state index contributed by atoms with van der Waals surface area (Å²) in [5, 5.41) is 21.2. The number of rotatable bonds is 13. The van der Waals surface area contributed by atoms with Gasteiger partial charge in [-0.2, -0.15) is 0 Å². The quantitative estimate of drug-likeness (QED) is 0.340. The molecule has 0 amide bonds. The average molecular weight is 390 g/mol. The van der Waals surface area contributed by atoms with E-state index in [9.17, 15) is 10.2 Å². The Morgan fingerprint density at radius 3 is 2.71 bits per heavy atom. The molecule has 28 heavy (non-hydrogen) atoms. The van der Waals surface area contributed by atoms with Gasteiger partial charge in [0.05, 0.1) is 11.7 Å². The van der Waals surface area contributed by atoms with Crippen molar-refractivity contribution in [3.05, 3.63) is 36.5 Å². The number of fused-ring (bicyclic) bond motifs is 1. The van der Waals surface area contributed by atoms with E-state index in [-0.39, 0.29) is 12.0 Å². The SMILES string of the molecule is C=C[C@](O)(CC=C[C@@H]1[C@H]2CC(CCCCCN(C)C)=C[C@H]2C[C@H]1O)CCCC. The summed E-state index contributed by atoms with van der Waals surface area (Å²) in [7, 11) is 4.28. The molecule has 0 aromatic heterocycles. The smallest absolute Gasteiger partial charge is 0.0859 e. The van der Waals surface area contributed by atoms with Crippen LogP contribution in [0.4, 0.5) is 0 Å². The van der Waals surface area contributed by atoms with Crippen LogP contribution in [-0.4, -0.2) is 47.5 Å². The van der Waals surface area contributed by atoms with Gasteiger partial charge in [0.25, 0.3) is 0 Å². The van der Waals surface area contributed by atoms with Crippen molar-refractivity contribution in [2.24, 2.45) is 17.8 Å². The second-order valence-electron chi connectivity index (χ2n) is 9.39. The van der Waals surface area contributed by atoms with Crippen LogP contribution < -0.4 is 0 Å². The van der Waals surface area contributed by atoms with E-state index < -0.39 is 5.60 Å². The highest BCUT2D eigenvalue weighted by Crippen LogP contribution is 2.48. The molecule has 2 aliphatic carbocycles. The number of aliphatic hydroxyl groups is 2. The number of aliphatic hydroxyl groups excluding tert-OH is 1. The van der Waals surface area contributed by atoms with Crippen LogP contribution >= 0.6 is 0 Å². The number of unbranched alkanes of at least 4 members (excludes halogenated alkanes) is 3. The minimum absolute atomic E-state index is 0.229. The number of allylic oxidation sites excluding steroid dienone is 2. The van der Waals surface area contributed by atoms with Crippen molar-refractivity contribution in [2.45, 2.75) is 82.8 Å². The maximum Gasteiger partial charge on any atom is 0.0859 e. The summed E-state index contributed by atoms with van der Waals surface area (Å²) in [4.78, 5) is 2.26. The maximum atomic E-state index is 10.7. The minimum Gasteiger partial charge on any atom is -0.392 e. The fourth-order valence-electron chi connectivity index (χ4n) is 4.95. The first-order valence-corrected chi connectivity index (χ1v) is 11.4. The molecule has 160 valence electrons. The van der Waals surface area contributed by atoms with Crippen molar-refractivity contribution in [3.63, 3.8) is 0 Å². The summed E-state index contributed by atoms with van der Waals surface area (Å²) in [5.41, 5.74) is 0.803. The number of nitrogens with zero attached hydrogens (tertiary/aromatic N) is 1. The summed E-state index contributed by atoms with van der Waals surface area (Å²) in [6, 6.07) is 0. The zero-order valence-electron chi connectivity index (χ0n) is 18.4. The normalized spacial score (nSPS) is 29.3. The summed E-state index contributed by atoms with van der Waals surface area (Å²) < 4.78 is 0. The van der Waals surface area contributed by atoms with Crippen molar-refractivity contribution in [1.29, 1.82) is 0 Å².